The van der Waals surface area contributed by atoms with Crippen LogP contribution in [0.25, 0.3) is 0 Å². The molecule has 0 saturated carbocycles. The lowest BCUT2D eigenvalue weighted by Gasteiger charge is -2.12. The van der Waals surface area contributed by atoms with E-state index in [1.807, 2.05) is 0 Å². The molecule has 112 valence electrons. The van der Waals surface area contributed by atoms with Crippen LogP contribution in [-0.2, 0) is 10.0 Å². The van der Waals surface area contributed by atoms with Gasteiger partial charge < -0.3 is 10.6 Å². The predicted octanol–water partition coefficient (Wildman–Crippen LogP) is 0.476. The molecule has 0 heterocycles. The molecular weight excluding hydrogens is 284 g/mol. The van der Waals surface area contributed by atoms with Crippen molar-refractivity contribution in [1.29, 1.82) is 0 Å². The lowest BCUT2D eigenvalue weighted by atomic mass is 10.2. The van der Waals surface area contributed by atoms with E-state index in [9.17, 15) is 18.5 Å². The molecule has 0 saturated heterocycles. The zero-order valence-corrected chi connectivity index (χ0v) is 12.4. The molecule has 1 rings (SSSR count). The van der Waals surface area contributed by atoms with Gasteiger partial charge in [0.25, 0.3) is 5.69 Å². The Balaban J connectivity index is 3.17. The first kappa shape index (κ1) is 16.3. The summed E-state index contributed by atoms with van der Waals surface area (Å²) in [7, 11) is 0.831. The third-order valence-corrected chi connectivity index (χ3v) is 4.45. The second kappa shape index (κ2) is 6.64. The van der Waals surface area contributed by atoms with E-state index >= 15 is 0 Å². The Morgan fingerprint density at radius 1 is 1.30 bits per heavy atom. The van der Waals surface area contributed by atoms with Gasteiger partial charge >= 0.3 is 0 Å². The summed E-state index contributed by atoms with van der Waals surface area (Å²) >= 11 is 0. The topological polar surface area (TPSA) is 105 Å². The average molecular weight is 302 g/mol. The average Bonchev–Trinajstić information content (AvgIpc) is 2.38. The number of nitro groups is 1. The van der Waals surface area contributed by atoms with Crippen molar-refractivity contribution in [2.45, 2.75) is 4.90 Å². The van der Waals surface area contributed by atoms with Gasteiger partial charge in [-0.2, -0.15) is 0 Å². The summed E-state index contributed by atoms with van der Waals surface area (Å²) in [6.45, 7) is 1.13. The standard InChI is InChI=1S/C11H18N4O4S/c1-12-6-7-13-10-5-4-9(8-11(10)15(16)17)20(18,19)14(2)3/h4-5,8,12-13H,6-7H2,1-3H3. The lowest BCUT2D eigenvalue weighted by molar-refractivity contribution is -0.384. The highest BCUT2D eigenvalue weighted by Gasteiger charge is 2.22. The Labute approximate surface area is 118 Å². The third kappa shape index (κ3) is 3.65. The number of likely N-dealkylation sites (N-methyl/N-ethyl adjacent to an activating group) is 1. The van der Waals surface area contributed by atoms with Gasteiger partial charge in [0.15, 0.2) is 0 Å². The molecule has 0 fully saturated rings. The van der Waals surface area contributed by atoms with Gasteiger partial charge in [0.05, 0.1) is 9.82 Å². The Morgan fingerprint density at radius 2 is 1.95 bits per heavy atom. The van der Waals surface area contributed by atoms with Gasteiger partial charge in [0.1, 0.15) is 5.69 Å². The molecule has 8 nitrogen and oxygen atoms in total. The van der Waals surface area contributed by atoms with Crippen molar-refractivity contribution in [2.75, 3.05) is 39.5 Å². The van der Waals surface area contributed by atoms with Crippen molar-refractivity contribution >= 4 is 21.4 Å². The zero-order valence-electron chi connectivity index (χ0n) is 11.6. The van der Waals surface area contributed by atoms with Crippen LogP contribution in [0.4, 0.5) is 11.4 Å². The summed E-state index contributed by atoms with van der Waals surface area (Å²) in [5, 5.41) is 16.8. The summed E-state index contributed by atoms with van der Waals surface area (Å²) in [6, 6.07) is 3.82. The van der Waals surface area contributed by atoms with E-state index in [0.29, 0.717) is 18.8 Å². The largest absolute Gasteiger partial charge is 0.378 e. The van der Waals surface area contributed by atoms with E-state index in [2.05, 4.69) is 10.6 Å². The van der Waals surface area contributed by atoms with Gasteiger partial charge in [-0.15, -0.1) is 0 Å². The molecule has 2 N–H and O–H groups in total. The van der Waals surface area contributed by atoms with E-state index in [1.165, 1.54) is 26.2 Å². The quantitative estimate of drug-likeness (QED) is 0.431. The first-order chi connectivity index (χ1) is 9.30. The maximum Gasteiger partial charge on any atom is 0.293 e. The number of nitrogens with one attached hydrogen (secondary N) is 2. The van der Waals surface area contributed by atoms with Crippen LogP contribution in [0.3, 0.4) is 0 Å². The molecule has 0 aliphatic rings. The third-order valence-electron chi connectivity index (χ3n) is 2.63. The second-order valence-electron chi connectivity index (χ2n) is 4.25. The molecular formula is C11H18N4O4S. The highest BCUT2D eigenvalue weighted by Crippen LogP contribution is 2.28. The van der Waals surface area contributed by atoms with Crippen molar-refractivity contribution in [3.63, 3.8) is 0 Å². The first-order valence-corrected chi connectivity index (χ1v) is 7.34. The first-order valence-electron chi connectivity index (χ1n) is 5.90. The van der Waals surface area contributed by atoms with Crippen molar-refractivity contribution in [3.05, 3.63) is 28.3 Å². The van der Waals surface area contributed by atoms with Crippen LogP contribution < -0.4 is 10.6 Å². The number of nitrogens with zero attached hydrogens (tertiary/aromatic N) is 2. The monoisotopic (exact) mass is 302 g/mol. The smallest absolute Gasteiger partial charge is 0.293 e. The van der Waals surface area contributed by atoms with Crippen LogP contribution in [-0.4, -0.2) is 51.9 Å². The Kier molecular flexibility index (Phi) is 5.43. The number of hydrogen-bond donors (Lipinski definition) is 2. The van der Waals surface area contributed by atoms with Crippen LogP contribution in [0.15, 0.2) is 23.1 Å². The van der Waals surface area contributed by atoms with Crippen LogP contribution in [0.5, 0.6) is 0 Å². The maximum absolute atomic E-state index is 12.0. The van der Waals surface area contributed by atoms with Gasteiger partial charge in [-0.05, 0) is 19.2 Å². The molecule has 0 aliphatic heterocycles. The van der Waals surface area contributed by atoms with Crippen LogP contribution in [0.2, 0.25) is 0 Å². The molecule has 0 atom stereocenters. The Bertz CT molecular complexity index is 586. The van der Waals surface area contributed by atoms with Gasteiger partial charge in [-0.25, -0.2) is 12.7 Å². The number of benzene rings is 1. The summed E-state index contributed by atoms with van der Waals surface area (Å²) in [4.78, 5) is 10.3. The maximum atomic E-state index is 12.0. The Morgan fingerprint density at radius 3 is 2.45 bits per heavy atom. The minimum Gasteiger partial charge on any atom is -0.378 e. The molecule has 0 unspecified atom stereocenters. The van der Waals surface area contributed by atoms with E-state index in [0.717, 1.165) is 10.4 Å². The zero-order chi connectivity index (χ0) is 15.3. The fourth-order valence-corrected chi connectivity index (χ4v) is 2.43. The molecule has 0 amide bonds. The molecule has 0 aromatic heterocycles. The summed E-state index contributed by atoms with van der Waals surface area (Å²) in [6.07, 6.45) is 0. The Hall–Kier alpha value is -1.71. The van der Waals surface area contributed by atoms with E-state index in [-0.39, 0.29) is 10.6 Å². The fourth-order valence-electron chi connectivity index (χ4n) is 1.51. The minimum absolute atomic E-state index is 0.103. The normalized spacial score (nSPS) is 11.6. The van der Waals surface area contributed by atoms with Crippen LogP contribution >= 0.6 is 0 Å². The number of nitro benzene ring substituents is 1. The molecule has 0 aliphatic carbocycles. The van der Waals surface area contributed by atoms with E-state index in [4.69, 9.17) is 0 Å². The molecule has 1 aromatic carbocycles. The van der Waals surface area contributed by atoms with Gasteiger partial charge in [-0.3, -0.25) is 10.1 Å². The summed E-state index contributed by atoms with van der Waals surface area (Å²) in [5.41, 5.74) is 0.0342. The van der Waals surface area contributed by atoms with Crippen LogP contribution in [0.1, 0.15) is 0 Å². The van der Waals surface area contributed by atoms with Crippen molar-refractivity contribution in [1.82, 2.24) is 9.62 Å². The minimum atomic E-state index is -3.69. The fraction of sp³-hybridized carbons (Fsp3) is 0.455. The lowest BCUT2D eigenvalue weighted by Crippen LogP contribution is -2.22. The van der Waals surface area contributed by atoms with Crippen molar-refractivity contribution < 1.29 is 13.3 Å². The summed E-state index contributed by atoms with van der Waals surface area (Å²) in [5.74, 6) is 0. The molecule has 20 heavy (non-hydrogen) atoms. The molecule has 0 bridgehead atoms. The predicted molar refractivity (Wildman–Crippen MR) is 76.4 cm³/mol. The van der Waals surface area contributed by atoms with Gasteiger partial charge in [0.2, 0.25) is 10.0 Å². The van der Waals surface area contributed by atoms with E-state index in [1.54, 1.807) is 7.05 Å². The number of sulfonamides is 1. The van der Waals surface area contributed by atoms with Gasteiger partial charge in [0, 0.05) is 33.3 Å². The number of rotatable bonds is 7. The summed E-state index contributed by atoms with van der Waals surface area (Å²) < 4.78 is 24.9. The van der Waals surface area contributed by atoms with Crippen molar-refractivity contribution in [2.24, 2.45) is 0 Å². The number of hydrogen-bond acceptors (Lipinski definition) is 6. The number of anilines is 1. The molecule has 1 aromatic rings. The van der Waals surface area contributed by atoms with Gasteiger partial charge in [-0.1, -0.05) is 0 Å². The van der Waals surface area contributed by atoms with E-state index < -0.39 is 14.9 Å². The SMILES string of the molecule is CNCCNc1ccc(S(=O)(=O)N(C)C)cc1[N+](=O)[O-]. The highest BCUT2D eigenvalue weighted by atomic mass is 32.2. The highest BCUT2D eigenvalue weighted by molar-refractivity contribution is 7.89. The van der Waals surface area contributed by atoms with Crippen LogP contribution in [0, 0.1) is 10.1 Å². The molecule has 9 heteroatoms. The molecule has 0 spiro atoms. The second-order valence-corrected chi connectivity index (χ2v) is 6.41. The molecule has 0 radical (unpaired) electrons. The van der Waals surface area contributed by atoms with Crippen molar-refractivity contribution in [3.8, 4) is 0 Å².